The molecule has 2 aliphatic rings. The Bertz CT molecular complexity index is 399. The van der Waals surface area contributed by atoms with Gasteiger partial charge in [-0.25, -0.2) is 0 Å². The van der Waals surface area contributed by atoms with Gasteiger partial charge in [-0.3, -0.25) is 0 Å². The number of aliphatic hydroxyl groups excluding tert-OH is 1. The molecule has 0 bridgehead atoms. The Hall–Kier alpha value is -0.210. The fourth-order valence-corrected chi connectivity index (χ4v) is 4.85. The maximum atomic E-state index is 12.6. The van der Waals surface area contributed by atoms with Crippen molar-refractivity contribution in [1.82, 2.24) is 13.5 Å². The molecule has 0 radical (unpaired) electrons. The molecular weight excluding hydrogens is 266 g/mol. The highest BCUT2D eigenvalue weighted by atomic mass is 32.2. The van der Waals surface area contributed by atoms with Crippen molar-refractivity contribution in [3.63, 3.8) is 0 Å². The standard InChI is InChI=1S/C12H25N3O3S/c1-13(2)11-6-8-14(9-11)19(17,18)15-7-4-3-5-12(15)10-16/h11-12,16H,3-10H2,1-2H3. The predicted molar refractivity (Wildman–Crippen MR) is 74.0 cm³/mol. The first-order valence-corrected chi connectivity index (χ1v) is 8.40. The quantitative estimate of drug-likeness (QED) is 0.773. The van der Waals surface area contributed by atoms with Crippen LogP contribution in [0.2, 0.25) is 0 Å². The molecule has 0 saturated carbocycles. The van der Waals surface area contributed by atoms with E-state index in [1.807, 2.05) is 14.1 Å². The molecule has 19 heavy (non-hydrogen) atoms. The summed E-state index contributed by atoms with van der Waals surface area (Å²) in [6.07, 6.45) is 3.53. The van der Waals surface area contributed by atoms with Crippen LogP contribution in [-0.4, -0.2) is 79.5 Å². The molecular formula is C12H25N3O3S. The van der Waals surface area contributed by atoms with E-state index >= 15 is 0 Å². The van der Waals surface area contributed by atoms with Gasteiger partial charge in [-0.15, -0.1) is 0 Å². The average molecular weight is 291 g/mol. The zero-order valence-electron chi connectivity index (χ0n) is 11.8. The van der Waals surface area contributed by atoms with E-state index in [1.165, 1.54) is 4.31 Å². The summed E-state index contributed by atoms with van der Waals surface area (Å²) in [5.74, 6) is 0. The van der Waals surface area contributed by atoms with Gasteiger partial charge < -0.3 is 10.0 Å². The van der Waals surface area contributed by atoms with Crippen molar-refractivity contribution < 1.29 is 13.5 Å². The van der Waals surface area contributed by atoms with Crippen LogP contribution in [0, 0.1) is 0 Å². The monoisotopic (exact) mass is 291 g/mol. The van der Waals surface area contributed by atoms with Crippen molar-refractivity contribution in [1.29, 1.82) is 0 Å². The molecule has 7 heteroatoms. The summed E-state index contributed by atoms with van der Waals surface area (Å²) in [6.45, 7) is 1.60. The summed E-state index contributed by atoms with van der Waals surface area (Å²) in [5, 5.41) is 9.37. The Morgan fingerprint density at radius 3 is 2.53 bits per heavy atom. The van der Waals surface area contributed by atoms with Gasteiger partial charge in [0.15, 0.2) is 0 Å². The fourth-order valence-electron chi connectivity index (χ4n) is 2.95. The van der Waals surface area contributed by atoms with Gasteiger partial charge in [-0.1, -0.05) is 6.42 Å². The molecule has 1 N–H and O–H groups in total. The van der Waals surface area contributed by atoms with Crippen LogP contribution in [-0.2, 0) is 10.2 Å². The molecule has 2 saturated heterocycles. The molecule has 0 aromatic rings. The van der Waals surface area contributed by atoms with E-state index in [0.29, 0.717) is 25.7 Å². The SMILES string of the molecule is CN(C)C1CCN(S(=O)(=O)N2CCCCC2CO)C1. The van der Waals surface area contributed by atoms with Gasteiger partial charge in [-0.05, 0) is 33.4 Å². The van der Waals surface area contributed by atoms with E-state index in [1.54, 1.807) is 4.31 Å². The molecule has 0 aromatic heterocycles. The third-order valence-electron chi connectivity index (χ3n) is 4.26. The van der Waals surface area contributed by atoms with Crippen molar-refractivity contribution >= 4 is 10.2 Å². The topological polar surface area (TPSA) is 64.1 Å². The highest BCUT2D eigenvalue weighted by molar-refractivity contribution is 7.86. The zero-order valence-corrected chi connectivity index (χ0v) is 12.6. The second-order valence-electron chi connectivity index (χ2n) is 5.71. The van der Waals surface area contributed by atoms with Crippen LogP contribution in [0.4, 0.5) is 0 Å². The van der Waals surface area contributed by atoms with Crippen LogP contribution in [0.3, 0.4) is 0 Å². The van der Waals surface area contributed by atoms with E-state index in [2.05, 4.69) is 4.90 Å². The van der Waals surface area contributed by atoms with E-state index in [-0.39, 0.29) is 12.6 Å². The van der Waals surface area contributed by atoms with Gasteiger partial charge in [0.2, 0.25) is 0 Å². The lowest BCUT2D eigenvalue weighted by molar-refractivity contribution is 0.148. The minimum Gasteiger partial charge on any atom is -0.395 e. The molecule has 2 atom stereocenters. The van der Waals surface area contributed by atoms with E-state index in [4.69, 9.17) is 0 Å². The third kappa shape index (κ3) is 3.11. The molecule has 0 spiro atoms. The summed E-state index contributed by atoms with van der Waals surface area (Å²) < 4.78 is 28.4. The van der Waals surface area contributed by atoms with Gasteiger partial charge >= 0.3 is 0 Å². The molecule has 2 heterocycles. The number of hydrogen-bond donors (Lipinski definition) is 1. The smallest absolute Gasteiger partial charge is 0.282 e. The maximum absolute atomic E-state index is 12.6. The van der Waals surface area contributed by atoms with E-state index in [9.17, 15) is 13.5 Å². The lowest BCUT2D eigenvalue weighted by atomic mass is 10.1. The fraction of sp³-hybridized carbons (Fsp3) is 1.00. The van der Waals surface area contributed by atoms with Gasteiger partial charge in [0.1, 0.15) is 0 Å². The van der Waals surface area contributed by atoms with Crippen LogP contribution >= 0.6 is 0 Å². The van der Waals surface area contributed by atoms with Gasteiger partial charge in [0, 0.05) is 31.7 Å². The van der Waals surface area contributed by atoms with Crippen LogP contribution in [0.15, 0.2) is 0 Å². The summed E-state index contributed by atoms with van der Waals surface area (Å²) in [6, 6.07) is 0.0595. The lowest BCUT2D eigenvalue weighted by Gasteiger charge is -2.36. The number of likely N-dealkylation sites (N-methyl/N-ethyl adjacent to an activating group) is 1. The minimum absolute atomic E-state index is 0.0792. The van der Waals surface area contributed by atoms with Crippen LogP contribution < -0.4 is 0 Å². The normalized spacial score (nSPS) is 31.2. The minimum atomic E-state index is -3.41. The first-order chi connectivity index (χ1) is 8.96. The van der Waals surface area contributed by atoms with Crippen molar-refractivity contribution in [3.05, 3.63) is 0 Å². The highest BCUT2D eigenvalue weighted by Crippen LogP contribution is 2.25. The number of piperidine rings is 1. The molecule has 2 unspecified atom stereocenters. The Labute approximate surface area is 116 Å². The Morgan fingerprint density at radius 2 is 1.95 bits per heavy atom. The number of hydrogen-bond acceptors (Lipinski definition) is 4. The summed E-state index contributed by atoms with van der Waals surface area (Å²) in [7, 11) is 0.559. The average Bonchev–Trinajstić information content (AvgIpc) is 2.89. The molecule has 2 fully saturated rings. The van der Waals surface area contributed by atoms with Crippen LogP contribution in [0.5, 0.6) is 0 Å². The second-order valence-corrected chi connectivity index (χ2v) is 7.60. The van der Waals surface area contributed by atoms with Crippen LogP contribution in [0.1, 0.15) is 25.7 Å². The predicted octanol–water partition coefficient (Wildman–Crippen LogP) is -0.286. The van der Waals surface area contributed by atoms with Gasteiger partial charge in [-0.2, -0.15) is 17.0 Å². The number of nitrogens with zero attached hydrogens (tertiary/aromatic N) is 3. The maximum Gasteiger partial charge on any atom is 0.282 e. The largest absolute Gasteiger partial charge is 0.395 e. The Balaban J connectivity index is 2.09. The number of rotatable bonds is 4. The molecule has 0 amide bonds. The van der Waals surface area contributed by atoms with Gasteiger partial charge in [0.25, 0.3) is 10.2 Å². The molecule has 0 aliphatic carbocycles. The second kappa shape index (κ2) is 6.05. The lowest BCUT2D eigenvalue weighted by Crippen LogP contribution is -2.51. The van der Waals surface area contributed by atoms with Crippen molar-refractivity contribution in [2.75, 3.05) is 40.3 Å². The van der Waals surface area contributed by atoms with E-state index < -0.39 is 10.2 Å². The first kappa shape index (κ1) is 15.2. The summed E-state index contributed by atoms with van der Waals surface area (Å²) >= 11 is 0. The highest BCUT2D eigenvalue weighted by Gasteiger charge is 2.39. The summed E-state index contributed by atoms with van der Waals surface area (Å²) in [5.41, 5.74) is 0. The van der Waals surface area contributed by atoms with Crippen LogP contribution in [0.25, 0.3) is 0 Å². The van der Waals surface area contributed by atoms with Crippen molar-refractivity contribution in [2.24, 2.45) is 0 Å². The zero-order chi connectivity index (χ0) is 14.0. The Kier molecular flexibility index (Phi) is 4.84. The molecule has 112 valence electrons. The summed E-state index contributed by atoms with van der Waals surface area (Å²) in [4.78, 5) is 2.08. The molecule has 2 aliphatic heterocycles. The Morgan fingerprint density at radius 1 is 1.21 bits per heavy atom. The van der Waals surface area contributed by atoms with E-state index in [0.717, 1.165) is 25.7 Å². The number of aliphatic hydroxyl groups is 1. The van der Waals surface area contributed by atoms with Crippen molar-refractivity contribution in [2.45, 2.75) is 37.8 Å². The molecule has 0 aromatic carbocycles. The van der Waals surface area contributed by atoms with Crippen molar-refractivity contribution in [3.8, 4) is 0 Å². The van der Waals surface area contributed by atoms with Gasteiger partial charge in [0.05, 0.1) is 6.61 Å². The first-order valence-electron chi connectivity index (χ1n) is 7.01. The third-order valence-corrected chi connectivity index (χ3v) is 6.32. The molecule has 6 nitrogen and oxygen atoms in total. The molecule has 2 rings (SSSR count).